The van der Waals surface area contributed by atoms with Gasteiger partial charge in [0.25, 0.3) is 5.91 Å². The maximum atomic E-state index is 12.4. The van der Waals surface area contributed by atoms with Crippen molar-refractivity contribution < 1.29 is 9.32 Å². The molecule has 4 rings (SSSR count). The van der Waals surface area contributed by atoms with Crippen LogP contribution in [0.3, 0.4) is 0 Å². The van der Waals surface area contributed by atoms with Gasteiger partial charge in [0.2, 0.25) is 0 Å². The minimum Gasteiger partial charge on any atom is -0.361 e. The second-order valence-corrected chi connectivity index (χ2v) is 6.75. The number of carbonyl (C=O) groups excluding carboxylic acids is 1. The summed E-state index contributed by atoms with van der Waals surface area (Å²) in [5, 5.41) is 5.03. The Morgan fingerprint density at radius 1 is 1.24 bits per heavy atom. The Hall–Kier alpha value is -2.69. The van der Waals surface area contributed by atoms with E-state index in [1.807, 2.05) is 17.2 Å². The highest BCUT2D eigenvalue weighted by molar-refractivity contribution is 5.92. The first-order chi connectivity index (χ1) is 12.2. The molecule has 0 aliphatic carbocycles. The lowest BCUT2D eigenvalue weighted by Gasteiger charge is -2.31. The van der Waals surface area contributed by atoms with Crippen molar-refractivity contribution in [2.45, 2.75) is 26.2 Å². The SMILES string of the molecule is Cc1cc(C(=O)N2CCC(Cc3cccc4cccnc34)CC2)no1. The molecule has 1 aromatic carbocycles. The molecule has 128 valence electrons. The Labute approximate surface area is 146 Å². The number of fused-ring (bicyclic) bond motifs is 1. The molecule has 3 aromatic rings. The van der Waals surface area contributed by atoms with Gasteiger partial charge >= 0.3 is 0 Å². The summed E-state index contributed by atoms with van der Waals surface area (Å²) in [6, 6.07) is 12.2. The maximum Gasteiger partial charge on any atom is 0.276 e. The Morgan fingerprint density at radius 3 is 2.80 bits per heavy atom. The van der Waals surface area contributed by atoms with Crippen molar-refractivity contribution in [1.82, 2.24) is 15.0 Å². The van der Waals surface area contributed by atoms with Crippen molar-refractivity contribution in [2.75, 3.05) is 13.1 Å². The van der Waals surface area contributed by atoms with Crippen molar-refractivity contribution in [3.05, 3.63) is 59.6 Å². The average molecular weight is 335 g/mol. The van der Waals surface area contributed by atoms with Crippen LogP contribution in [0, 0.1) is 12.8 Å². The van der Waals surface area contributed by atoms with Crippen LogP contribution in [0.5, 0.6) is 0 Å². The number of aromatic nitrogens is 2. The molecule has 3 heterocycles. The molecule has 0 unspecified atom stereocenters. The van der Waals surface area contributed by atoms with E-state index >= 15 is 0 Å². The lowest BCUT2D eigenvalue weighted by Crippen LogP contribution is -2.39. The number of hydrogen-bond donors (Lipinski definition) is 0. The molecule has 0 bridgehead atoms. The van der Waals surface area contributed by atoms with E-state index in [1.165, 1.54) is 10.9 Å². The third-order valence-corrected chi connectivity index (χ3v) is 4.97. The molecule has 1 aliphatic rings. The van der Waals surface area contributed by atoms with Gasteiger partial charge in [-0.1, -0.05) is 29.4 Å². The van der Waals surface area contributed by atoms with Gasteiger partial charge in [-0.15, -0.1) is 0 Å². The molecule has 0 saturated carbocycles. The molecular formula is C20H21N3O2. The van der Waals surface area contributed by atoms with Crippen LogP contribution in [-0.4, -0.2) is 34.0 Å². The number of aryl methyl sites for hydroxylation is 1. The van der Waals surface area contributed by atoms with Crippen LogP contribution >= 0.6 is 0 Å². The molecule has 5 nitrogen and oxygen atoms in total. The number of hydrogen-bond acceptors (Lipinski definition) is 4. The van der Waals surface area contributed by atoms with Gasteiger partial charge < -0.3 is 9.42 Å². The molecule has 0 radical (unpaired) electrons. The van der Waals surface area contributed by atoms with Gasteiger partial charge in [-0.2, -0.15) is 0 Å². The Balaban J connectivity index is 1.41. The summed E-state index contributed by atoms with van der Waals surface area (Å²) in [7, 11) is 0. The summed E-state index contributed by atoms with van der Waals surface area (Å²) in [4.78, 5) is 18.9. The van der Waals surface area contributed by atoms with E-state index in [0.29, 0.717) is 17.4 Å². The van der Waals surface area contributed by atoms with Gasteiger partial charge in [0.05, 0.1) is 5.52 Å². The predicted octanol–water partition coefficient (Wildman–Crippen LogP) is 3.63. The van der Waals surface area contributed by atoms with Crippen LogP contribution in [0.2, 0.25) is 0 Å². The molecule has 0 N–H and O–H groups in total. The first-order valence-electron chi connectivity index (χ1n) is 8.76. The fourth-order valence-electron chi connectivity index (χ4n) is 3.61. The minimum absolute atomic E-state index is 0.0258. The van der Waals surface area contributed by atoms with Gasteiger partial charge in [-0.3, -0.25) is 9.78 Å². The van der Waals surface area contributed by atoms with Gasteiger partial charge in [0.15, 0.2) is 5.69 Å². The van der Waals surface area contributed by atoms with Crippen LogP contribution in [0.4, 0.5) is 0 Å². The monoisotopic (exact) mass is 335 g/mol. The third-order valence-electron chi connectivity index (χ3n) is 4.97. The number of benzene rings is 1. The van der Waals surface area contributed by atoms with Crippen LogP contribution < -0.4 is 0 Å². The summed E-state index contributed by atoms with van der Waals surface area (Å²) in [6.07, 6.45) is 4.88. The quantitative estimate of drug-likeness (QED) is 0.733. The number of nitrogens with zero attached hydrogens (tertiary/aromatic N) is 3. The second-order valence-electron chi connectivity index (χ2n) is 6.75. The normalized spacial score (nSPS) is 15.6. The highest BCUT2D eigenvalue weighted by Crippen LogP contribution is 2.26. The molecule has 1 fully saturated rings. The molecule has 1 amide bonds. The van der Waals surface area contributed by atoms with Crippen LogP contribution in [-0.2, 0) is 6.42 Å². The number of carbonyl (C=O) groups is 1. The topological polar surface area (TPSA) is 59.2 Å². The molecular weight excluding hydrogens is 314 g/mol. The van der Waals surface area contributed by atoms with E-state index in [-0.39, 0.29) is 5.91 Å². The maximum absolute atomic E-state index is 12.4. The standard InChI is InChI=1S/C20H21N3O2/c1-14-12-18(22-25-14)20(24)23-10-7-15(8-11-23)13-17-5-2-4-16-6-3-9-21-19(16)17/h2-6,9,12,15H,7-8,10-11,13H2,1H3. The molecule has 5 heteroatoms. The van der Waals surface area contributed by atoms with Crippen LogP contribution in [0.15, 0.2) is 47.1 Å². The smallest absolute Gasteiger partial charge is 0.276 e. The van der Waals surface area contributed by atoms with Crippen molar-refractivity contribution in [3.63, 3.8) is 0 Å². The molecule has 1 saturated heterocycles. The number of pyridine rings is 1. The fraction of sp³-hybridized carbons (Fsp3) is 0.350. The third kappa shape index (κ3) is 3.27. The van der Waals surface area contributed by atoms with E-state index in [1.54, 1.807) is 13.0 Å². The van der Waals surface area contributed by atoms with Gasteiger partial charge in [-0.05, 0) is 43.7 Å². The lowest BCUT2D eigenvalue weighted by molar-refractivity contribution is 0.0680. The summed E-state index contributed by atoms with van der Waals surface area (Å²) in [5.74, 6) is 1.22. The fourth-order valence-corrected chi connectivity index (χ4v) is 3.61. The van der Waals surface area contributed by atoms with Gasteiger partial charge in [-0.25, -0.2) is 0 Å². The van der Waals surface area contributed by atoms with E-state index in [9.17, 15) is 4.79 Å². The van der Waals surface area contributed by atoms with Crippen molar-refractivity contribution in [2.24, 2.45) is 5.92 Å². The van der Waals surface area contributed by atoms with E-state index in [0.717, 1.165) is 37.9 Å². The van der Waals surface area contributed by atoms with E-state index in [4.69, 9.17) is 4.52 Å². The largest absolute Gasteiger partial charge is 0.361 e. The second kappa shape index (κ2) is 6.67. The highest BCUT2D eigenvalue weighted by atomic mass is 16.5. The summed E-state index contributed by atoms with van der Waals surface area (Å²) < 4.78 is 5.01. The summed E-state index contributed by atoms with van der Waals surface area (Å²) >= 11 is 0. The molecule has 25 heavy (non-hydrogen) atoms. The number of likely N-dealkylation sites (tertiary alicyclic amines) is 1. The van der Waals surface area contributed by atoms with Crippen molar-refractivity contribution >= 4 is 16.8 Å². The minimum atomic E-state index is -0.0258. The lowest BCUT2D eigenvalue weighted by atomic mass is 9.89. The zero-order chi connectivity index (χ0) is 17.2. The number of piperidine rings is 1. The first-order valence-corrected chi connectivity index (χ1v) is 8.76. The zero-order valence-electron chi connectivity index (χ0n) is 14.3. The highest BCUT2D eigenvalue weighted by Gasteiger charge is 2.25. The summed E-state index contributed by atoms with van der Waals surface area (Å²) in [5.41, 5.74) is 2.81. The number of rotatable bonds is 3. The van der Waals surface area contributed by atoms with Gasteiger partial charge in [0, 0.05) is 30.7 Å². The van der Waals surface area contributed by atoms with E-state index in [2.05, 4.69) is 34.4 Å². The van der Waals surface area contributed by atoms with Crippen molar-refractivity contribution in [1.29, 1.82) is 0 Å². The Kier molecular flexibility index (Phi) is 4.22. The zero-order valence-corrected chi connectivity index (χ0v) is 14.3. The molecule has 0 spiro atoms. The van der Waals surface area contributed by atoms with Crippen molar-refractivity contribution in [3.8, 4) is 0 Å². The van der Waals surface area contributed by atoms with Gasteiger partial charge in [0.1, 0.15) is 5.76 Å². The molecule has 0 atom stereocenters. The Bertz CT molecular complexity index is 889. The number of amides is 1. The summed E-state index contributed by atoms with van der Waals surface area (Å²) in [6.45, 7) is 3.34. The van der Waals surface area contributed by atoms with Crippen LogP contribution in [0.25, 0.3) is 10.9 Å². The Morgan fingerprint density at radius 2 is 2.04 bits per heavy atom. The molecule has 2 aromatic heterocycles. The average Bonchev–Trinajstić information content (AvgIpc) is 3.08. The first kappa shape index (κ1) is 15.8. The van der Waals surface area contributed by atoms with Crippen LogP contribution in [0.1, 0.15) is 34.7 Å². The predicted molar refractivity (Wildman–Crippen MR) is 95.3 cm³/mol. The number of para-hydroxylation sites is 1. The van der Waals surface area contributed by atoms with E-state index < -0.39 is 0 Å². The molecule has 1 aliphatic heterocycles.